The van der Waals surface area contributed by atoms with Crippen molar-refractivity contribution in [1.82, 2.24) is 10.2 Å². The number of nitrogens with one attached hydrogen (secondary N) is 1. The van der Waals surface area contributed by atoms with Gasteiger partial charge in [-0.15, -0.1) is 5.92 Å². The highest BCUT2D eigenvalue weighted by atomic mass is 16.5. The molecule has 3 nitrogen and oxygen atoms in total. The Morgan fingerprint density at radius 1 is 1.40 bits per heavy atom. The van der Waals surface area contributed by atoms with Crippen LogP contribution in [-0.2, 0) is 4.74 Å². The van der Waals surface area contributed by atoms with E-state index in [9.17, 15) is 0 Å². The maximum absolute atomic E-state index is 5.36. The van der Waals surface area contributed by atoms with Gasteiger partial charge in [-0.25, -0.2) is 0 Å². The van der Waals surface area contributed by atoms with Crippen LogP contribution in [0.5, 0.6) is 0 Å². The van der Waals surface area contributed by atoms with Gasteiger partial charge in [-0.3, -0.25) is 4.90 Å². The molecule has 15 heavy (non-hydrogen) atoms. The maximum Gasteiger partial charge on any atom is 0.0705 e. The second-order valence-electron chi connectivity index (χ2n) is 4.17. The van der Waals surface area contributed by atoms with Gasteiger partial charge in [-0.1, -0.05) is 12.8 Å². The lowest BCUT2D eigenvalue weighted by molar-refractivity contribution is 0.0203. The van der Waals surface area contributed by atoms with Crippen LogP contribution in [0, 0.1) is 11.8 Å². The lowest BCUT2D eigenvalue weighted by Crippen LogP contribution is -2.44. The fourth-order valence-corrected chi connectivity index (χ4v) is 2.27. The van der Waals surface area contributed by atoms with Gasteiger partial charge in [0.1, 0.15) is 0 Å². The van der Waals surface area contributed by atoms with Crippen LogP contribution >= 0.6 is 0 Å². The highest BCUT2D eigenvalue weighted by molar-refractivity contribution is 5.11. The Morgan fingerprint density at radius 3 is 2.93 bits per heavy atom. The molecular weight excluding hydrogens is 188 g/mol. The number of hydrogen-bond acceptors (Lipinski definition) is 3. The maximum atomic E-state index is 5.36. The Bertz CT molecular complexity index is 250. The molecular formula is C12H20N2O. The summed E-state index contributed by atoms with van der Waals surface area (Å²) >= 11 is 0. The van der Waals surface area contributed by atoms with E-state index in [1.807, 2.05) is 0 Å². The van der Waals surface area contributed by atoms with Gasteiger partial charge < -0.3 is 10.1 Å². The molecule has 2 rings (SSSR count). The quantitative estimate of drug-likeness (QED) is 0.634. The number of ether oxygens (including phenoxy) is 1. The lowest BCUT2D eigenvalue weighted by Gasteiger charge is -2.31. The van der Waals surface area contributed by atoms with E-state index in [1.54, 1.807) is 0 Å². The highest BCUT2D eigenvalue weighted by Crippen LogP contribution is 2.14. The summed E-state index contributed by atoms with van der Waals surface area (Å²) in [6.45, 7) is 7.13. The Morgan fingerprint density at radius 2 is 2.20 bits per heavy atom. The summed E-state index contributed by atoms with van der Waals surface area (Å²) in [5, 5.41) is 3.48. The van der Waals surface area contributed by atoms with Crippen molar-refractivity contribution in [2.45, 2.75) is 31.8 Å². The molecule has 84 valence electrons. The molecule has 0 aromatic rings. The highest BCUT2D eigenvalue weighted by Gasteiger charge is 2.28. The van der Waals surface area contributed by atoms with Crippen molar-refractivity contribution in [3.63, 3.8) is 0 Å². The number of rotatable bonds is 1. The molecule has 2 aliphatic rings. The minimum Gasteiger partial charge on any atom is -0.379 e. The summed E-state index contributed by atoms with van der Waals surface area (Å²) < 4.78 is 5.36. The molecule has 0 bridgehead atoms. The zero-order valence-electron chi connectivity index (χ0n) is 9.46. The van der Waals surface area contributed by atoms with Crippen LogP contribution < -0.4 is 5.32 Å². The summed E-state index contributed by atoms with van der Waals surface area (Å²) in [5.41, 5.74) is 0. The first-order chi connectivity index (χ1) is 7.40. The van der Waals surface area contributed by atoms with Crippen molar-refractivity contribution in [2.24, 2.45) is 0 Å². The molecule has 0 amide bonds. The van der Waals surface area contributed by atoms with Crippen molar-refractivity contribution in [2.75, 3.05) is 32.8 Å². The Labute approximate surface area is 92.2 Å². The van der Waals surface area contributed by atoms with E-state index in [-0.39, 0.29) is 0 Å². The van der Waals surface area contributed by atoms with Crippen LogP contribution in [0.2, 0.25) is 0 Å². The molecule has 2 saturated heterocycles. The number of morpholine rings is 1. The predicted octanol–water partition coefficient (Wildman–Crippen LogP) is 0.462. The van der Waals surface area contributed by atoms with Crippen LogP contribution in [0.25, 0.3) is 0 Å². The molecule has 2 atom stereocenters. The third kappa shape index (κ3) is 2.94. The topological polar surface area (TPSA) is 24.5 Å². The average molecular weight is 208 g/mol. The summed E-state index contributed by atoms with van der Waals surface area (Å²) in [4.78, 5) is 2.53. The zero-order valence-corrected chi connectivity index (χ0v) is 9.46. The van der Waals surface area contributed by atoms with E-state index in [2.05, 4.69) is 29.0 Å². The van der Waals surface area contributed by atoms with Gasteiger partial charge in [-0.2, -0.15) is 0 Å². The molecule has 0 saturated carbocycles. The Balaban J connectivity index is 1.80. The van der Waals surface area contributed by atoms with E-state index >= 15 is 0 Å². The summed E-state index contributed by atoms with van der Waals surface area (Å²) in [5.74, 6) is 6.44. The van der Waals surface area contributed by atoms with Crippen LogP contribution in [-0.4, -0.2) is 49.8 Å². The monoisotopic (exact) mass is 208 g/mol. The molecule has 0 spiro atoms. The van der Waals surface area contributed by atoms with Crippen molar-refractivity contribution in [3.05, 3.63) is 0 Å². The van der Waals surface area contributed by atoms with Gasteiger partial charge in [0.15, 0.2) is 0 Å². The standard InChI is InChI=1S/C12H20N2O/c1-2-3-4-11-9-12(10-13-11)14-5-7-15-8-6-14/h11-13H,2,5-10H2,1H3/t11-,12+/m1/s1. The third-order valence-electron chi connectivity index (χ3n) is 3.12. The third-order valence-corrected chi connectivity index (χ3v) is 3.12. The van der Waals surface area contributed by atoms with E-state index < -0.39 is 0 Å². The fraction of sp³-hybridized carbons (Fsp3) is 0.833. The average Bonchev–Trinajstić information content (AvgIpc) is 2.76. The van der Waals surface area contributed by atoms with Gasteiger partial charge in [0.05, 0.1) is 19.3 Å². The van der Waals surface area contributed by atoms with Gasteiger partial charge >= 0.3 is 0 Å². The molecule has 0 aromatic heterocycles. The molecule has 2 heterocycles. The largest absolute Gasteiger partial charge is 0.379 e. The molecule has 3 heteroatoms. The van der Waals surface area contributed by atoms with Gasteiger partial charge in [-0.05, 0) is 6.42 Å². The SMILES string of the molecule is CCC#C[C@@H]1C[C@H](N2CCOCC2)CN1. The molecule has 0 aromatic carbocycles. The molecule has 0 aliphatic carbocycles. The van der Waals surface area contributed by atoms with E-state index in [4.69, 9.17) is 4.74 Å². The molecule has 1 N–H and O–H groups in total. The number of nitrogens with zero attached hydrogens (tertiary/aromatic N) is 1. The lowest BCUT2D eigenvalue weighted by atomic mass is 10.1. The van der Waals surface area contributed by atoms with E-state index in [0.29, 0.717) is 12.1 Å². The van der Waals surface area contributed by atoms with Crippen LogP contribution in [0.3, 0.4) is 0 Å². The van der Waals surface area contributed by atoms with E-state index in [1.165, 1.54) is 6.42 Å². The second kappa shape index (κ2) is 5.50. The van der Waals surface area contributed by atoms with Crippen molar-refractivity contribution in [3.8, 4) is 11.8 Å². The van der Waals surface area contributed by atoms with Gasteiger partial charge in [0, 0.05) is 32.1 Å². The molecule has 0 unspecified atom stereocenters. The molecule has 2 fully saturated rings. The van der Waals surface area contributed by atoms with Crippen LogP contribution in [0.4, 0.5) is 0 Å². The smallest absolute Gasteiger partial charge is 0.0705 e. The Kier molecular flexibility index (Phi) is 4.01. The van der Waals surface area contributed by atoms with Crippen molar-refractivity contribution < 1.29 is 4.74 Å². The summed E-state index contributed by atoms with van der Waals surface area (Å²) in [6, 6.07) is 1.09. The summed E-state index contributed by atoms with van der Waals surface area (Å²) in [7, 11) is 0. The molecule has 2 aliphatic heterocycles. The number of hydrogen-bond donors (Lipinski definition) is 1. The Hall–Kier alpha value is -0.560. The second-order valence-corrected chi connectivity index (χ2v) is 4.17. The molecule has 0 radical (unpaired) electrons. The van der Waals surface area contributed by atoms with Crippen LogP contribution in [0.15, 0.2) is 0 Å². The zero-order chi connectivity index (χ0) is 10.5. The van der Waals surface area contributed by atoms with E-state index in [0.717, 1.165) is 39.3 Å². The van der Waals surface area contributed by atoms with Gasteiger partial charge in [0.25, 0.3) is 0 Å². The first kappa shape index (κ1) is 10.9. The minimum atomic E-state index is 0.415. The van der Waals surface area contributed by atoms with Crippen molar-refractivity contribution >= 4 is 0 Å². The predicted molar refractivity (Wildman–Crippen MR) is 60.7 cm³/mol. The normalized spacial score (nSPS) is 32.3. The first-order valence-corrected chi connectivity index (χ1v) is 5.93. The first-order valence-electron chi connectivity index (χ1n) is 5.93. The fourth-order valence-electron chi connectivity index (χ4n) is 2.27. The van der Waals surface area contributed by atoms with Gasteiger partial charge in [0.2, 0.25) is 0 Å². The minimum absolute atomic E-state index is 0.415. The summed E-state index contributed by atoms with van der Waals surface area (Å²) in [6.07, 6.45) is 2.13. The van der Waals surface area contributed by atoms with Crippen molar-refractivity contribution in [1.29, 1.82) is 0 Å². The van der Waals surface area contributed by atoms with Crippen LogP contribution in [0.1, 0.15) is 19.8 Å².